The smallest absolute Gasteiger partial charge is 0.0917 e. The molecule has 0 amide bonds. The molecule has 2 atom stereocenters. The zero-order chi connectivity index (χ0) is 14.3. The highest BCUT2D eigenvalue weighted by Gasteiger charge is 2.17. The number of nitrogens with two attached hydrogens (primary N) is 1. The Labute approximate surface area is 116 Å². The van der Waals surface area contributed by atoms with Crippen molar-refractivity contribution < 1.29 is 9.84 Å². The quantitative estimate of drug-likeness (QED) is 0.707. The monoisotopic (exact) mass is 266 g/mol. The van der Waals surface area contributed by atoms with Gasteiger partial charge in [0.2, 0.25) is 0 Å². The standard InChI is InChI=1S/C15H26N2O2/c1-4-12(2)17(8-9-19-3)11-15(18)13-6-5-7-14(16)10-13/h5-7,10,12,15,18H,4,8-9,11,16H2,1-3H3. The molecule has 0 fully saturated rings. The van der Waals surface area contributed by atoms with Crippen molar-refractivity contribution >= 4 is 5.69 Å². The Bertz CT molecular complexity index is 371. The van der Waals surface area contributed by atoms with Crippen LogP contribution in [0.15, 0.2) is 24.3 Å². The van der Waals surface area contributed by atoms with Crippen LogP contribution in [0.2, 0.25) is 0 Å². The van der Waals surface area contributed by atoms with Gasteiger partial charge in [0.1, 0.15) is 0 Å². The number of ether oxygens (including phenoxy) is 1. The first kappa shape index (κ1) is 16.0. The summed E-state index contributed by atoms with van der Waals surface area (Å²) in [4.78, 5) is 2.25. The number of aliphatic hydroxyl groups is 1. The molecule has 0 spiro atoms. The third-order valence-electron chi connectivity index (χ3n) is 3.50. The molecule has 0 aliphatic heterocycles. The zero-order valence-corrected chi connectivity index (χ0v) is 12.2. The van der Waals surface area contributed by atoms with Crippen molar-refractivity contribution in [3.63, 3.8) is 0 Å². The highest BCUT2D eigenvalue weighted by Crippen LogP contribution is 2.18. The van der Waals surface area contributed by atoms with E-state index in [1.165, 1.54) is 0 Å². The Morgan fingerprint density at radius 1 is 1.42 bits per heavy atom. The van der Waals surface area contributed by atoms with E-state index in [9.17, 15) is 5.11 Å². The Morgan fingerprint density at radius 2 is 2.16 bits per heavy atom. The average molecular weight is 266 g/mol. The summed E-state index contributed by atoms with van der Waals surface area (Å²) in [5.74, 6) is 0. The van der Waals surface area contributed by atoms with Crippen molar-refractivity contribution in [2.24, 2.45) is 0 Å². The minimum absolute atomic E-state index is 0.422. The van der Waals surface area contributed by atoms with Gasteiger partial charge in [-0.3, -0.25) is 4.90 Å². The number of rotatable bonds is 8. The molecule has 0 aliphatic rings. The van der Waals surface area contributed by atoms with Crippen LogP contribution in [0, 0.1) is 0 Å². The van der Waals surface area contributed by atoms with E-state index in [1.807, 2.05) is 24.3 Å². The first-order valence-electron chi connectivity index (χ1n) is 6.85. The molecule has 0 radical (unpaired) electrons. The Balaban J connectivity index is 2.66. The van der Waals surface area contributed by atoms with Gasteiger partial charge < -0.3 is 15.6 Å². The SMILES string of the molecule is CCC(C)N(CCOC)CC(O)c1cccc(N)c1. The van der Waals surface area contributed by atoms with Crippen LogP contribution in [-0.4, -0.2) is 42.9 Å². The van der Waals surface area contributed by atoms with E-state index in [0.29, 0.717) is 24.9 Å². The van der Waals surface area contributed by atoms with Gasteiger partial charge in [0.15, 0.2) is 0 Å². The van der Waals surface area contributed by atoms with E-state index in [2.05, 4.69) is 18.7 Å². The molecule has 108 valence electrons. The fraction of sp³-hybridized carbons (Fsp3) is 0.600. The van der Waals surface area contributed by atoms with Crippen LogP contribution in [0.25, 0.3) is 0 Å². The number of benzene rings is 1. The van der Waals surface area contributed by atoms with E-state index in [4.69, 9.17) is 10.5 Å². The minimum atomic E-state index is -0.519. The van der Waals surface area contributed by atoms with E-state index in [1.54, 1.807) is 7.11 Å². The van der Waals surface area contributed by atoms with Crippen LogP contribution in [0.1, 0.15) is 31.9 Å². The molecule has 0 saturated carbocycles. The second-order valence-electron chi connectivity index (χ2n) is 4.93. The molecule has 3 N–H and O–H groups in total. The molecule has 2 unspecified atom stereocenters. The van der Waals surface area contributed by atoms with Gasteiger partial charge >= 0.3 is 0 Å². The van der Waals surface area contributed by atoms with Gasteiger partial charge in [-0.05, 0) is 31.0 Å². The molecule has 0 heterocycles. The molecular formula is C15H26N2O2. The first-order chi connectivity index (χ1) is 9.08. The largest absolute Gasteiger partial charge is 0.399 e. The van der Waals surface area contributed by atoms with Crippen LogP contribution in [0.4, 0.5) is 5.69 Å². The number of anilines is 1. The van der Waals surface area contributed by atoms with Crippen LogP contribution < -0.4 is 5.73 Å². The zero-order valence-electron chi connectivity index (χ0n) is 12.2. The lowest BCUT2D eigenvalue weighted by atomic mass is 10.1. The Kier molecular flexibility index (Phi) is 6.84. The molecule has 1 rings (SSSR count). The van der Waals surface area contributed by atoms with E-state index in [0.717, 1.165) is 18.5 Å². The van der Waals surface area contributed by atoms with Crippen LogP contribution in [0.5, 0.6) is 0 Å². The summed E-state index contributed by atoms with van der Waals surface area (Å²) in [6.45, 7) is 6.42. The summed E-state index contributed by atoms with van der Waals surface area (Å²) >= 11 is 0. The van der Waals surface area contributed by atoms with Gasteiger partial charge in [-0.2, -0.15) is 0 Å². The van der Waals surface area contributed by atoms with Gasteiger partial charge in [0, 0.05) is 31.9 Å². The molecule has 19 heavy (non-hydrogen) atoms. The summed E-state index contributed by atoms with van der Waals surface area (Å²) in [6.07, 6.45) is 0.530. The van der Waals surface area contributed by atoms with Gasteiger partial charge in [0.05, 0.1) is 12.7 Å². The molecule has 4 heteroatoms. The third kappa shape index (κ3) is 5.19. The lowest BCUT2D eigenvalue weighted by molar-refractivity contribution is 0.0668. The molecule has 1 aromatic carbocycles. The Hall–Kier alpha value is -1.10. The van der Waals surface area contributed by atoms with E-state index in [-0.39, 0.29) is 0 Å². The highest BCUT2D eigenvalue weighted by atomic mass is 16.5. The number of aliphatic hydroxyl groups excluding tert-OH is 1. The average Bonchev–Trinajstić information content (AvgIpc) is 2.42. The summed E-state index contributed by atoms with van der Waals surface area (Å²) in [7, 11) is 1.70. The summed E-state index contributed by atoms with van der Waals surface area (Å²) < 4.78 is 5.13. The third-order valence-corrected chi connectivity index (χ3v) is 3.50. The molecule has 0 bridgehead atoms. The van der Waals surface area contributed by atoms with Gasteiger partial charge in [0.25, 0.3) is 0 Å². The molecule has 4 nitrogen and oxygen atoms in total. The predicted molar refractivity (Wildman–Crippen MR) is 79.0 cm³/mol. The van der Waals surface area contributed by atoms with Crippen molar-refractivity contribution in [2.45, 2.75) is 32.4 Å². The van der Waals surface area contributed by atoms with Gasteiger partial charge in [-0.1, -0.05) is 19.1 Å². The fourth-order valence-electron chi connectivity index (χ4n) is 2.05. The maximum atomic E-state index is 10.3. The van der Waals surface area contributed by atoms with Crippen molar-refractivity contribution in [2.75, 3.05) is 32.5 Å². The van der Waals surface area contributed by atoms with Crippen molar-refractivity contribution in [1.29, 1.82) is 0 Å². The van der Waals surface area contributed by atoms with E-state index < -0.39 is 6.10 Å². The number of methoxy groups -OCH3 is 1. The number of hydrogen-bond acceptors (Lipinski definition) is 4. The number of nitrogen functional groups attached to an aromatic ring is 1. The molecule has 0 aromatic heterocycles. The lowest BCUT2D eigenvalue weighted by Crippen LogP contribution is -2.38. The first-order valence-corrected chi connectivity index (χ1v) is 6.85. The second-order valence-corrected chi connectivity index (χ2v) is 4.93. The lowest BCUT2D eigenvalue weighted by Gasteiger charge is -2.30. The number of nitrogens with zero attached hydrogens (tertiary/aromatic N) is 1. The van der Waals surface area contributed by atoms with Crippen molar-refractivity contribution in [1.82, 2.24) is 4.90 Å². The number of hydrogen-bond donors (Lipinski definition) is 2. The normalized spacial score (nSPS) is 14.6. The Morgan fingerprint density at radius 3 is 2.74 bits per heavy atom. The molecule has 0 aliphatic carbocycles. The minimum Gasteiger partial charge on any atom is -0.399 e. The predicted octanol–water partition coefficient (Wildman–Crippen LogP) is 2.05. The summed E-state index contributed by atoms with van der Waals surface area (Å²) in [6, 6.07) is 7.86. The van der Waals surface area contributed by atoms with Crippen LogP contribution >= 0.6 is 0 Å². The molecule has 1 aromatic rings. The summed E-state index contributed by atoms with van der Waals surface area (Å²) in [5.41, 5.74) is 7.30. The maximum Gasteiger partial charge on any atom is 0.0917 e. The summed E-state index contributed by atoms with van der Waals surface area (Å²) in [5, 5.41) is 10.3. The molecule has 0 saturated heterocycles. The molecular weight excluding hydrogens is 240 g/mol. The van der Waals surface area contributed by atoms with Gasteiger partial charge in [-0.25, -0.2) is 0 Å². The second kappa shape index (κ2) is 8.15. The van der Waals surface area contributed by atoms with Crippen LogP contribution in [0.3, 0.4) is 0 Å². The maximum absolute atomic E-state index is 10.3. The fourth-order valence-corrected chi connectivity index (χ4v) is 2.05. The topological polar surface area (TPSA) is 58.7 Å². The van der Waals surface area contributed by atoms with E-state index >= 15 is 0 Å². The highest BCUT2D eigenvalue weighted by molar-refractivity contribution is 5.41. The van der Waals surface area contributed by atoms with Crippen molar-refractivity contribution in [3.8, 4) is 0 Å². The van der Waals surface area contributed by atoms with Crippen molar-refractivity contribution in [3.05, 3.63) is 29.8 Å². The van der Waals surface area contributed by atoms with Gasteiger partial charge in [-0.15, -0.1) is 0 Å². The van der Waals surface area contributed by atoms with Crippen LogP contribution in [-0.2, 0) is 4.74 Å².